The van der Waals surface area contributed by atoms with Crippen molar-refractivity contribution in [2.45, 2.75) is 18.9 Å². The Morgan fingerprint density at radius 1 is 1.09 bits per heavy atom. The minimum atomic E-state index is -1.23. The number of fused-ring (bicyclic) bond motifs is 1. The number of benzene rings is 2. The molecule has 1 saturated heterocycles. The molecule has 4 rings (SSSR count). The predicted octanol–water partition coefficient (Wildman–Crippen LogP) is 2.83. The van der Waals surface area contributed by atoms with E-state index in [-0.39, 0.29) is 30.0 Å². The molecule has 0 bridgehead atoms. The number of carboxylic acid groups (broad SMARTS) is 1. The minimum Gasteiger partial charge on any atom is -0.478 e. The summed E-state index contributed by atoms with van der Waals surface area (Å²) >= 11 is 0. The lowest BCUT2D eigenvalue weighted by molar-refractivity contribution is -0.131. The number of hydrogen-bond donors (Lipinski definition) is 2. The van der Waals surface area contributed by atoms with Crippen LogP contribution in [0.5, 0.6) is 11.5 Å². The molecule has 0 aromatic heterocycles. The Labute approximate surface area is 183 Å². The summed E-state index contributed by atoms with van der Waals surface area (Å²) < 4.78 is 11.4. The lowest BCUT2D eigenvalue weighted by atomic mass is 10.1. The normalized spacial score (nSPS) is 17.6. The van der Waals surface area contributed by atoms with Crippen molar-refractivity contribution in [1.82, 2.24) is 4.90 Å². The van der Waals surface area contributed by atoms with Crippen molar-refractivity contribution in [1.29, 1.82) is 0 Å². The summed E-state index contributed by atoms with van der Waals surface area (Å²) in [6.45, 7) is 0.877. The number of anilines is 1. The fourth-order valence-corrected chi connectivity index (χ4v) is 3.60. The van der Waals surface area contributed by atoms with Crippen molar-refractivity contribution < 1.29 is 33.8 Å². The van der Waals surface area contributed by atoms with Gasteiger partial charge in [0.05, 0.1) is 23.8 Å². The molecule has 2 N–H and O–H groups in total. The van der Waals surface area contributed by atoms with Crippen LogP contribution in [0.4, 0.5) is 5.69 Å². The molecular weight excluding hydrogens is 416 g/mol. The maximum absolute atomic E-state index is 12.8. The molecule has 0 spiro atoms. The SMILES string of the molecule is O=C(O)/C=C/C(=O)Nc1cccc(Oc2ccc3c(c2)C(=O)N(CC2CCCO2)C3=O)c1. The van der Waals surface area contributed by atoms with E-state index in [2.05, 4.69) is 5.32 Å². The van der Waals surface area contributed by atoms with E-state index in [1.54, 1.807) is 36.4 Å². The highest BCUT2D eigenvalue weighted by Crippen LogP contribution is 2.31. The summed E-state index contributed by atoms with van der Waals surface area (Å²) in [6.07, 6.45) is 3.25. The monoisotopic (exact) mass is 436 g/mol. The summed E-state index contributed by atoms with van der Waals surface area (Å²) in [5, 5.41) is 11.1. The number of hydrogen-bond acceptors (Lipinski definition) is 6. The van der Waals surface area contributed by atoms with E-state index >= 15 is 0 Å². The van der Waals surface area contributed by atoms with E-state index in [1.807, 2.05) is 0 Å². The second kappa shape index (κ2) is 9.03. The number of ether oxygens (including phenoxy) is 2. The van der Waals surface area contributed by atoms with Crippen LogP contribution in [0.25, 0.3) is 0 Å². The lowest BCUT2D eigenvalue weighted by Crippen LogP contribution is -2.36. The van der Waals surface area contributed by atoms with Crippen LogP contribution in [0.15, 0.2) is 54.6 Å². The molecule has 1 unspecified atom stereocenters. The fourth-order valence-electron chi connectivity index (χ4n) is 3.60. The molecule has 2 aliphatic rings. The van der Waals surface area contributed by atoms with E-state index in [1.165, 1.54) is 11.0 Å². The summed E-state index contributed by atoms with van der Waals surface area (Å²) in [5.74, 6) is -1.80. The van der Waals surface area contributed by atoms with E-state index in [0.29, 0.717) is 29.4 Å². The van der Waals surface area contributed by atoms with Crippen molar-refractivity contribution >= 4 is 29.4 Å². The number of nitrogens with zero attached hydrogens (tertiary/aromatic N) is 1. The first-order valence-electron chi connectivity index (χ1n) is 10.0. The Bertz CT molecular complexity index is 1120. The first kappa shape index (κ1) is 21.3. The van der Waals surface area contributed by atoms with Crippen molar-refractivity contribution in [3.63, 3.8) is 0 Å². The molecule has 0 saturated carbocycles. The van der Waals surface area contributed by atoms with E-state index in [9.17, 15) is 19.2 Å². The molecule has 2 aromatic carbocycles. The predicted molar refractivity (Wildman–Crippen MR) is 113 cm³/mol. The van der Waals surface area contributed by atoms with Gasteiger partial charge in [-0.25, -0.2) is 4.79 Å². The molecule has 1 fully saturated rings. The van der Waals surface area contributed by atoms with Gasteiger partial charge in [-0.05, 0) is 43.2 Å². The van der Waals surface area contributed by atoms with Crippen molar-refractivity contribution in [3.8, 4) is 11.5 Å². The van der Waals surface area contributed by atoms with Crippen LogP contribution in [0.1, 0.15) is 33.6 Å². The molecule has 1 atom stereocenters. The van der Waals surface area contributed by atoms with Crippen LogP contribution < -0.4 is 10.1 Å². The highest BCUT2D eigenvalue weighted by molar-refractivity contribution is 6.21. The molecule has 9 heteroatoms. The smallest absolute Gasteiger partial charge is 0.328 e. The van der Waals surface area contributed by atoms with Gasteiger partial charge in [-0.3, -0.25) is 19.3 Å². The zero-order valence-corrected chi connectivity index (χ0v) is 16.9. The van der Waals surface area contributed by atoms with Gasteiger partial charge in [0.1, 0.15) is 11.5 Å². The molecule has 3 amide bonds. The second-order valence-electron chi connectivity index (χ2n) is 7.35. The largest absolute Gasteiger partial charge is 0.478 e. The zero-order valence-electron chi connectivity index (χ0n) is 16.9. The Balaban J connectivity index is 1.46. The molecule has 2 aliphatic heterocycles. The summed E-state index contributed by atoms with van der Waals surface area (Å²) in [5.41, 5.74) is 0.998. The van der Waals surface area contributed by atoms with Crippen LogP contribution in [-0.4, -0.2) is 53.0 Å². The average molecular weight is 436 g/mol. The van der Waals surface area contributed by atoms with E-state index in [0.717, 1.165) is 25.0 Å². The third kappa shape index (κ3) is 4.68. The quantitative estimate of drug-likeness (QED) is 0.505. The van der Waals surface area contributed by atoms with Crippen molar-refractivity contribution in [2.24, 2.45) is 0 Å². The summed E-state index contributed by atoms with van der Waals surface area (Å²) in [7, 11) is 0. The van der Waals surface area contributed by atoms with Gasteiger partial charge >= 0.3 is 5.97 Å². The van der Waals surface area contributed by atoms with Crippen LogP contribution in [-0.2, 0) is 14.3 Å². The number of amides is 3. The minimum absolute atomic E-state index is 0.128. The highest BCUT2D eigenvalue weighted by atomic mass is 16.5. The van der Waals surface area contributed by atoms with Gasteiger partial charge in [0.2, 0.25) is 5.91 Å². The average Bonchev–Trinajstić information content (AvgIpc) is 3.36. The Morgan fingerprint density at radius 3 is 2.62 bits per heavy atom. The number of carbonyl (C=O) groups excluding carboxylic acids is 3. The molecule has 2 aromatic rings. The number of carbonyl (C=O) groups is 4. The zero-order chi connectivity index (χ0) is 22.7. The number of nitrogens with one attached hydrogen (secondary N) is 1. The third-order valence-electron chi connectivity index (χ3n) is 5.07. The highest BCUT2D eigenvalue weighted by Gasteiger charge is 2.37. The molecular formula is C23H20N2O7. The Morgan fingerprint density at radius 2 is 1.88 bits per heavy atom. The topological polar surface area (TPSA) is 122 Å². The molecule has 32 heavy (non-hydrogen) atoms. The molecule has 164 valence electrons. The number of carboxylic acids is 1. The second-order valence-corrected chi connectivity index (χ2v) is 7.35. The van der Waals surface area contributed by atoms with Gasteiger partial charge in [0.15, 0.2) is 0 Å². The standard InChI is InChI=1S/C23H20N2O7/c26-20(8-9-21(27)28)24-14-3-1-4-15(11-14)32-16-6-7-18-19(12-16)23(30)25(22(18)29)13-17-5-2-10-31-17/h1,3-4,6-9,11-12,17H,2,5,10,13H2,(H,24,26)(H,27,28)/b9-8+. The van der Waals surface area contributed by atoms with Crippen molar-refractivity contribution in [2.75, 3.05) is 18.5 Å². The molecule has 9 nitrogen and oxygen atoms in total. The van der Waals surface area contributed by atoms with Crippen LogP contribution in [0, 0.1) is 0 Å². The van der Waals surface area contributed by atoms with Crippen LogP contribution in [0.2, 0.25) is 0 Å². The molecule has 0 radical (unpaired) electrons. The van der Waals surface area contributed by atoms with Gasteiger partial charge in [0, 0.05) is 30.5 Å². The number of rotatable bonds is 7. The maximum Gasteiger partial charge on any atom is 0.328 e. The number of aliphatic carboxylic acids is 1. The van der Waals surface area contributed by atoms with Gasteiger partial charge < -0.3 is 19.9 Å². The van der Waals surface area contributed by atoms with Gasteiger partial charge in [-0.15, -0.1) is 0 Å². The van der Waals surface area contributed by atoms with Crippen LogP contribution in [0.3, 0.4) is 0 Å². The first-order chi connectivity index (χ1) is 15.4. The number of imide groups is 1. The fraction of sp³-hybridized carbons (Fsp3) is 0.217. The Kier molecular flexibility index (Phi) is 6.00. The third-order valence-corrected chi connectivity index (χ3v) is 5.07. The Hall–Kier alpha value is -3.98. The first-order valence-corrected chi connectivity index (χ1v) is 10.0. The molecule has 0 aliphatic carbocycles. The van der Waals surface area contributed by atoms with Crippen LogP contribution >= 0.6 is 0 Å². The van der Waals surface area contributed by atoms with Gasteiger partial charge in [-0.2, -0.15) is 0 Å². The van der Waals surface area contributed by atoms with Gasteiger partial charge in [-0.1, -0.05) is 6.07 Å². The van der Waals surface area contributed by atoms with E-state index < -0.39 is 11.9 Å². The summed E-state index contributed by atoms with van der Waals surface area (Å²) in [6, 6.07) is 11.2. The maximum atomic E-state index is 12.8. The summed E-state index contributed by atoms with van der Waals surface area (Å²) in [4.78, 5) is 48.9. The molecule has 2 heterocycles. The van der Waals surface area contributed by atoms with Gasteiger partial charge in [0.25, 0.3) is 11.8 Å². The van der Waals surface area contributed by atoms with Crippen molar-refractivity contribution in [3.05, 3.63) is 65.7 Å². The lowest BCUT2D eigenvalue weighted by Gasteiger charge is -2.17. The van der Waals surface area contributed by atoms with E-state index in [4.69, 9.17) is 14.6 Å².